The lowest BCUT2D eigenvalue weighted by Gasteiger charge is -2.45. The molecule has 1 N–H and O–H groups in total. The third-order valence-corrected chi connectivity index (χ3v) is 4.31. The summed E-state index contributed by atoms with van der Waals surface area (Å²) in [6.07, 6.45) is 5.82. The summed E-state index contributed by atoms with van der Waals surface area (Å²) in [5, 5.41) is 3.46. The van der Waals surface area contributed by atoms with Crippen molar-refractivity contribution in [3.05, 3.63) is 0 Å². The fourth-order valence-electron chi connectivity index (χ4n) is 3.27. The summed E-state index contributed by atoms with van der Waals surface area (Å²) < 4.78 is 11.5. The average Bonchev–Trinajstić information content (AvgIpc) is 2.32. The molecule has 0 radical (unpaired) electrons. The maximum Gasteiger partial charge on any atom is 0.0729 e. The molecule has 0 aromatic carbocycles. The first-order valence-corrected chi connectivity index (χ1v) is 6.68. The second-order valence-corrected chi connectivity index (χ2v) is 5.20. The molecule has 2 saturated heterocycles. The second kappa shape index (κ2) is 5.48. The summed E-state index contributed by atoms with van der Waals surface area (Å²) >= 11 is 0. The molecule has 2 fully saturated rings. The van der Waals surface area contributed by atoms with Gasteiger partial charge in [-0.3, -0.25) is 0 Å². The van der Waals surface area contributed by atoms with Gasteiger partial charge < -0.3 is 14.8 Å². The zero-order valence-electron chi connectivity index (χ0n) is 10.6. The van der Waals surface area contributed by atoms with E-state index in [-0.39, 0.29) is 5.60 Å². The van der Waals surface area contributed by atoms with Gasteiger partial charge in [0.25, 0.3) is 0 Å². The highest BCUT2D eigenvalue weighted by molar-refractivity contribution is 4.92. The van der Waals surface area contributed by atoms with Gasteiger partial charge in [0.05, 0.1) is 5.60 Å². The molecule has 0 amide bonds. The predicted octanol–water partition coefficient (Wildman–Crippen LogP) is 1.96. The van der Waals surface area contributed by atoms with E-state index in [0.29, 0.717) is 6.04 Å². The van der Waals surface area contributed by atoms with Crippen LogP contribution in [0.3, 0.4) is 0 Å². The van der Waals surface area contributed by atoms with Gasteiger partial charge in [-0.15, -0.1) is 0 Å². The van der Waals surface area contributed by atoms with Crippen molar-refractivity contribution in [2.75, 3.05) is 26.9 Å². The van der Waals surface area contributed by atoms with E-state index in [4.69, 9.17) is 9.47 Å². The van der Waals surface area contributed by atoms with Crippen molar-refractivity contribution in [1.82, 2.24) is 5.32 Å². The Hall–Kier alpha value is -0.120. The molecule has 3 nitrogen and oxygen atoms in total. The van der Waals surface area contributed by atoms with E-state index >= 15 is 0 Å². The van der Waals surface area contributed by atoms with Crippen LogP contribution < -0.4 is 5.32 Å². The molecule has 2 rings (SSSR count). The number of nitrogens with one attached hydrogen (secondary N) is 1. The van der Waals surface area contributed by atoms with Gasteiger partial charge in [0.1, 0.15) is 0 Å². The van der Waals surface area contributed by atoms with Crippen molar-refractivity contribution in [2.24, 2.45) is 5.92 Å². The Kier molecular flexibility index (Phi) is 4.22. The van der Waals surface area contributed by atoms with Gasteiger partial charge >= 0.3 is 0 Å². The van der Waals surface area contributed by atoms with Crippen molar-refractivity contribution in [3.63, 3.8) is 0 Å². The van der Waals surface area contributed by atoms with Crippen LogP contribution in [0, 0.1) is 5.92 Å². The average molecular weight is 227 g/mol. The van der Waals surface area contributed by atoms with E-state index in [2.05, 4.69) is 19.3 Å². The zero-order chi connectivity index (χ0) is 11.4. The third kappa shape index (κ3) is 2.58. The molecule has 2 aliphatic rings. The van der Waals surface area contributed by atoms with E-state index in [9.17, 15) is 0 Å². The van der Waals surface area contributed by atoms with Gasteiger partial charge in [-0.25, -0.2) is 0 Å². The smallest absolute Gasteiger partial charge is 0.0729 e. The first-order valence-electron chi connectivity index (χ1n) is 6.68. The zero-order valence-corrected chi connectivity index (χ0v) is 10.6. The highest BCUT2D eigenvalue weighted by Gasteiger charge is 2.40. The highest BCUT2D eigenvalue weighted by Crippen LogP contribution is 2.38. The maximum absolute atomic E-state index is 6.07. The summed E-state index contributed by atoms with van der Waals surface area (Å²) in [4.78, 5) is 0. The quantitative estimate of drug-likeness (QED) is 0.799. The fraction of sp³-hybridized carbons (Fsp3) is 1.00. The van der Waals surface area contributed by atoms with Crippen LogP contribution in [0.5, 0.6) is 0 Å². The van der Waals surface area contributed by atoms with Gasteiger partial charge in [-0.2, -0.15) is 0 Å². The lowest BCUT2D eigenvalue weighted by molar-refractivity contribution is -0.150. The summed E-state index contributed by atoms with van der Waals surface area (Å²) in [5.41, 5.74) is 0.144. The van der Waals surface area contributed by atoms with E-state index in [0.717, 1.165) is 38.6 Å². The van der Waals surface area contributed by atoms with Gasteiger partial charge in [0.2, 0.25) is 0 Å². The Morgan fingerprint density at radius 3 is 2.69 bits per heavy atom. The van der Waals surface area contributed by atoms with Crippen molar-refractivity contribution < 1.29 is 9.47 Å². The molecule has 2 heterocycles. The number of hydrogen-bond donors (Lipinski definition) is 1. The van der Waals surface area contributed by atoms with E-state index in [1.807, 2.05) is 0 Å². The SMILES string of the molecule is CCC(NC)C1CCOC2(CCOCC2)C1. The Labute approximate surface area is 98.9 Å². The van der Waals surface area contributed by atoms with Crippen LogP contribution in [0.15, 0.2) is 0 Å². The fourth-order valence-corrected chi connectivity index (χ4v) is 3.27. The number of rotatable bonds is 3. The standard InChI is InChI=1S/C13H25NO2/c1-3-12(14-2)11-4-7-16-13(10-11)5-8-15-9-6-13/h11-12,14H,3-10H2,1-2H3. The molecule has 0 saturated carbocycles. The van der Waals surface area contributed by atoms with Crippen molar-refractivity contribution in [1.29, 1.82) is 0 Å². The van der Waals surface area contributed by atoms with E-state index in [1.54, 1.807) is 0 Å². The maximum atomic E-state index is 6.07. The molecule has 1 spiro atoms. The van der Waals surface area contributed by atoms with Gasteiger partial charge in [0, 0.05) is 25.9 Å². The normalized spacial score (nSPS) is 31.5. The first kappa shape index (κ1) is 12.3. The number of ether oxygens (including phenoxy) is 2. The Morgan fingerprint density at radius 2 is 2.06 bits per heavy atom. The highest BCUT2D eigenvalue weighted by atomic mass is 16.5. The van der Waals surface area contributed by atoms with Gasteiger partial charge in [-0.05, 0) is 45.1 Å². The molecule has 2 atom stereocenters. The van der Waals surface area contributed by atoms with Gasteiger partial charge in [0.15, 0.2) is 0 Å². The molecular formula is C13H25NO2. The van der Waals surface area contributed by atoms with Gasteiger partial charge in [-0.1, -0.05) is 6.92 Å². The molecule has 2 unspecified atom stereocenters. The summed E-state index contributed by atoms with van der Waals surface area (Å²) in [6.45, 7) is 4.96. The largest absolute Gasteiger partial charge is 0.381 e. The summed E-state index contributed by atoms with van der Waals surface area (Å²) in [6, 6.07) is 0.656. The van der Waals surface area contributed by atoms with Crippen molar-refractivity contribution in [2.45, 2.75) is 50.7 Å². The van der Waals surface area contributed by atoms with Crippen LogP contribution in [0.1, 0.15) is 39.0 Å². The third-order valence-electron chi connectivity index (χ3n) is 4.31. The molecule has 0 aromatic heterocycles. The Balaban J connectivity index is 1.97. The van der Waals surface area contributed by atoms with Crippen LogP contribution in [-0.2, 0) is 9.47 Å². The molecule has 0 aliphatic carbocycles. The molecule has 16 heavy (non-hydrogen) atoms. The van der Waals surface area contributed by atoms with Crippen LogP contribution in [0.4, 0.5) is 0 Å². The van der Waals surface area contributed by atoms with Crippen molar-refractivity contribution in [3.8, 4) is 0 Å². The second-order valence-electron chi connectivity index (χ2n) is 5.20. The molecule has 0 bridgehead atoms. The van der Waals surface area contributed by atoms with Crippen LogP contribution >= 0.6 is 0 Å². The minimum Gasteiger partial charge on any atom is -0.381 e. The van der Waals surface area contributed by atoms with E-state index < -0.39 is 0 Å². The minimum absolute atomic E-state index is 0.144. The van der Waals surface area contributed by atoms with Crippen LogP contribution in [0.2, 0.25) is 0 Å². The Bertz CT molecular complexity index is 204. The molecular weight excluding hydrogens is 202 g/mol. The summed E-state index contributed by atoms with van der Waals surface area (Å²) in [7, 11) is 2.08. The van der Waals surface area contributed by atoms with Crippen LogP contribution in [0.25, 0.3) is 0 Å². The van der Waals surface area contributed by atoms with Crippen molar-refractivity contribution >= 4 is 0 Å². The minimum atomic E-state index is 0.144. The first-order chi connectivity index (χ1) is 7.79. The molecule has 94 valence electrons. The van der Waals surface area contributed by atoms with E-state index in [1.165, 1.54) is 19.3 Å². The number of hydrogen-bond acceptors (Lipinski definition) is 3. The lowest BCUT2D eigenvalue weighted by Crippen LogP contribution is -2.48. The predicted molar refractivity (Wildman–Crippen MR) is 64.6 cm³/mol. The van der Waals surface area contributed by atoms with Crippen LogP contribution in [-0.4, -0.2) is 38.5 Å². The Morgan fingerprint density at radius 1 is 1.31 bits per heavy atom. The lowest BCUT2D eigenvalue weighted by atomic mass is 9.77. The molecule has 3 heteroatoms. The molecule has 2 aliphatic heterocycles. The molecule has 0 aromatic rings. The summed E-state index contributed by atoms with van der Waals surface area (Å²) in [5.74, 6) is 0.779. The topological polar surface area (TPSA) is 30.5 Å². The monoisotopic (exact) mass is 227 g/mol.